The fraction of sp³-hybridized carbons (Fsp3) is 0.769. The van der Waals surface area contributed by atoms with E-state index in [0.717, 1.165) is 0 Å². The molecule has 1 rings (SSSR count). The Morgan fingerprint density at radius 2 is 2.05 bits per heavy atom. The van der Waals surface area contributed by atoms with Gasteiger partial charge in [0.15, 0.2) is 0 Å². The molecule has 1 aliphatic rings. The maximum absolute atomic E-state index is 12.2. The summed E-state index contributed by atoms with van der Waals surface area (Å²) in [7, 11) is 3.38. The summed E-state index contributed by atoms with van der Waals surface area (Å²) in [6.07, 6.45) is 0. The molecule has 120 valence electrons. The summed E-state index contributed by atoms with van der Waals surface area (Å²) in [5.74, 6) is -0.459. The van der Waals surface area contributed by atoms with Crippen molar-refractivity contribution in [3.63, 3.8) is 0 Å². The number of piperazine rings is 1. The molecule has 21 heavy (non-hydrogen) atoms. The number of carbonyl (C=O) groups is 3. The van der Waals surface area contributed by atoms with Gasteiger partial charge in [-0.25, -0.2) is 4.79 Å². The molecule has 0 aliphatic carbocycles. The van der Waals surface area contributed by atoms with Crippen molar-refractivity contribution in [2.24, 2.45) is 0 Å². The molecular formula is C13H25N5O3. The van der Waals surface area contributed by atoms with Crippen LogP contribution in [0.25, 0.3) is 0 Å². The average Bonchev–Trinajstić information content (AvgIpc) is 2.45. The highest BCUT2D eigenvalue weighted by Crippen LogP contribution is 2.11. The molecule has 0 bridgehead atoms. The monoisotopic (exact) mass is 299 g/mol. The van der Waals surface area contributed by atoms with E-state index >= 15 is 0 Å². The molecule has 8 heteroatoms. The Balaban J connectivity index is 2.72. The third kappa shape index (κ3) is 4.68. The lowest BCUT2D eigenvalue weighted by Crippen LogP contribution is -2.63. The maximum Gasteiger partial charge on any atom is 0.321 e. The fourth-order valence-electron chi connectivity index (χ4n) is 2.28. The van der Waals surface area contributed by atoms with Crippen LogP contribution in [0, 0.1) is 0 Å². The fourth-order valence-corrected chi connectivity index (χ4v) is 2.28. The largest absolute Gasteiger partial charge is 0.347 e. The highest BCUT2D eigenvalue weighted by molar-refractivity contribution is 5.97. The zero-order valence-electron chi connectivity index (χ0n) is 13.1. The van der Waals surface area contributed by atoms with Gasteiger partial charge in [0.05, 0.1) is 6.04 Å². The lowest BCUT2D eigenvalue weighted by molar-refractivity contribution is -0.138. The summed E-state index contributed by atoms with van der Waals surface area (Å²) in [5.41, 5.74) is 0. The number of nitrogens with one attached hydrogen (secondary N) is 3. The van der Waals surface area contributed by atoms with Crippen molar-refractivity contribution in [1.82, 2.24) is 25.8 Å². The van der Waals surface area contributed by atoms with E-state index in [1.807, 2.05) is 4.90 Å². The molecule has 0 aromatic heterocycles. The highest BCUT2D eigenvalue weighted by Gasteiger charge is 2.35. The zero-order chi connectivity index (χ0) is 16.0. The van der Waals surface area contributed by atoms with Crippen molar-refractivity contribution >= 4 is 17.8 Å². The Labute approximate surface area is 125 Å². The van der Waals surface area contributed by atoms with Gasteiger partial charge in [-0.3, -0.25) is 19.8 Å². The van der Waals surface area contributed by atoms with E-state index in [1.54, 1.807) is 27.9 Å². The number of hydrogen-bond acceptors (Lipinski definition) is 5. The average molecular weight is 299 g/mol. The Morgan fingerprint density at radius 3 is 2.62 bits per heavy atom. The number of amides is 4. The van der Waals surface area contributed by atoms with E-state index < -0.39 is 24.0 Å². The molecule has 0 spiro atoms. The molecule has 2 atom stereocenters. The summed E-state index contributed by atoms with van der Waals surface area (Å²) in [6, 6.07) is -1.47. The number of imide groups is 1. The lowest BCUT2D eigenvalue weighted by Gasteiger charge is -2.39. The van der Waals surface area contributed by atoms with Gasteiger partial charge in [0.2, 0.25) is 11.8 Å². The number of rotatable bonds is 4. The van der Waals surface area contributed by atoms with Crippen LogP contribution in [0.1, 0.15) is 13.8 Å². The molecule has 0 saturated carbocycles. The molecule has 1 saturated heterocycles. The van der Waals surface area contributed by atoms with Crippen molar-refractivity contribution in [3.8, 4) is 0 Å². The summed E-state index contributed by atoms with van der Waals surface area (Å²) >= 11 is 0. The van der Waals surface area contributed by atoms with E-state index in [-0.39, 0.29) is 5.91 Å². The van der Waals surface area contributed by atoms with Crippen molar-refractivity contribution < 1.29 is 14.4 Å². The van der Waals surface area contributed by atoms with Crippen LogP contribution in [-0.2, 0) is 9.59 Å². The maximum atomic E-state index is 12.2. The van der Waals surface area contributed by atoms with Crippen molar-refractivity contribution in [2.45, 2.75) is 25.9 Å². The van der Waals surface area contributed by atoms with Gasteiger partial charge >= 0.3 is 6.03 Å². The number of nitrogens with zero attached hydrogens (tertiary/aromatic N) is 2. The van der Waals surface area contributed by atoms with E-state index in [1.165, 1.54) is 4.90 Å². The van der Waals surface area contributed by atoms with Gasteiger partial charge in [-0.05, 0) is 13.8 Å². The minimum absolute atomic E-state index is 0.0557. The van der Waals surface area contributed by atoms with Crippen LogP contribution in [-0.4, -0.2) is 80.0 Å². The first-order valence-corrected chi connectivity index (χ1v) is 7.14. The molecule has 4 amide bonds. The molecule has 1 aliphatic heterocycles. The highest BCUT2D eigenvalue weighted by atomic mass is 16.2. The van der Waals surface area contributed by atoms with Gasteiger partial charge in [-0.2, -0.15) is 0 Å². The second-order valence-corrected chi connectivity index (χ2v) is 5.22. The van der Waals surface area contributed by atoms with Crippen molar-refractivity contribution in [3.05, 3.63) is 0 Å². The zero-order valence-corrected chi connectivity index (χ0v) is 13.1. The predicted octanol–water partition coefficient (Wildman–Crippen LogP) is -1.42. The number of carbonyl (C=O) groups excluding carboxylic acids is 3. The third-order valence-electron chi connectivity index (χ3n) is 3.46. The summed E-state index contributed by atoms with van der Waals surface area (Å²) in [6.45, 7) is 5.70. The first-order chi connectivity index (χ1) is 9.88. The van der Waals surface area contributed by atoms with Crippen LogP contribution >= 0.6 is 0 Å². The van der Waals surface area contributed by atoms with Crippen LogP contribution < -0.4 is 16.0 Å². The Morgan fingerprint density at radius 1 is 1.38 bits per heavy atom. The van der Waals surface area contributed by atoms with E-state index in [9.17, 15) is 14.4 Å². The number of hydrogen-bond donors (Lipinski definition) is 3. The minimum Gasteiger partial charge on any atom is -0.347 e. The summed E-state index contributed by atoms with van der Waals surface area (Å²) < 4.78 is 0. The second-order valence-electron chi connectivity index (χ2n) is 5.22. The van der Waals surface area contributed by atoms with E-state index in [4.69, 9.17) is 0 Å². The van der Waals surface area contributed by atoms with Gasteiger partial charge < -0.3 is 15.5 Å². The first-order valence-electron chi connectivity index (χ1n) is 7.14. The standard InChI is InChI=1S/C13H25N5O3/c1-5-15-13(21)16-11(19)9(2)18-7-6-14-8-10(18)12(20)17(3)4/h9-10,14H,5-8H2,1-4H3,(H2,15,16,19,21). The van der Waals surface area contributed by atoms with Crippen LogP contribution in [0.15, 0.2) is 0 Å². The molecule has 1 heterocycles. The van der Waals surface area contributed by atoms with Crippen LogP contribution in [0.4, 0.5) is 4.79 Å². The molecule has 0 radical (unpaired) electrons. The minimum atomic E-state index is -0.552. The van der Waals surface area contributed by atoms with Gasteiger partial charge in [-0.1, -0.05) is 0 Å². The molecule has 2 unspecified atom stereocenters. The lowest BCUT2D eigenvalue weighted by atomic mass is 10.1. The molecular weight excluding hydrogens is 274 g/mol. The smallest absolute Gasteiger partial charge is 0.321 e. The van der Waals surface area contributed by atoms with Crippen LogP contribution in [0.2, 0.25) is 0 Å². The van der Waals surface area contributed by atoms with E-state index in [2.05, 4.69) is 16.0 Å². The number of likely N-dealkylation sites (N-methyl/N-ethyl adjacent to an activating group) is 1. The molecule has 1 fully saturated rings. The Bertz CT molecular complexity index is 399. The molecule has 8 nitrogen and oxygen atoms in total. The second kappa shape index (κ2) is 7.94. The summed E-state index contributed by atoms with van der Waals surface area (Å²) in [5, 5.41) is 7.96. The Hall–Kier alpha value is -1.67. The topological polar surface area (TPSA) is 93.8 Å². The van der Waals surface area contributed by atoms with Gasteiger partial charge in [0, 0.05) is 40.3 Å². The molecule has 3 N–H and O–H groups in total. The van der Waals surface area contributed by atoms with Crippen LogP contribution in [0.3, 0.4) is 0 Å². The predicted molar refractivity (Wildman–Crippen MR) is 78.7 cm³/mol. The number of urea groups is 1. The quantitative estimate of drug-likeness (QED) is 0.592. The first kappa shape index (κ1) is 17.4. The van der Waals surface area contributed by atoms with Crippen LogP contribution in [0.5, 0.6) is 0 Å². The molecule has 0 aromatic rings. The van der Waals surface area contributed by atoms with Gasteiger partial charge in [0.1, 0.15) is 6.04 Å². The summed E-state index contributed by atoms with van der Waals surface area (Å²) in [4.78, 5) is 39.1. The third-order valence-corrected chi connectivity index (χ3v) is 3.46. The SMILES string of the molecule is CCNC(=O)NC(=O)C(C)N1CCNCC1C(=O)N(C)C. The van der Waals surface area contributed by atoms with Gasteiger partial charge in [0.25, 0.3) is 0 Å². The molecule has 0 aromatic carbocycles. The Kier molecular flexibility index (Phi) is 6.57. The van der Waals surface area contributed by atoms with Gasteiger partial charge in [-0.15, -0.1) is 0 Å². The van der Waals surface area contributed by atoms with E-state index in [0.29, 0.717) is 26.2 Å². The van der Waals surface area contributed by atoms with Crippen molar-refractivity contribution in [1.29, 1.82) is 0 Å². The van der Waals surface area contributed by atoms with Crippen molar-refractivity contribution in [2.75, 3.05) is 40.3 Å². The normalized spacial score (nSPS) is 20.5.